The van der Waals surface area contributed by atoms with Crippen LogP contribution in [0, 0.1) is 0 Å². The molecule has 1 N–H and O–H groups in total. The van der Waals surface area contributed by atoms with Gasteiger partial charge in [0.05, 0.1) is 20.3 Å². The van der Waals surface area contributed by atoms with Gasteiger partial charge in [-0.2, -0.15) is 0 Å². The third-order valence-corrected chi connectivity index (χ3v) is 3.45. The molecule has 1 aromatic heterocycles. The van der Waals surface area contributed by atoms with Gasteiger partial charge in [-0.15, -0.1) is 0 Å². The number of methoxy groups -OCH3 is 2. The Labute approximate surface area is 126 Å². The van der Waals surface area contributed by atoms with Crippen LogP contribution in [-0.4, -0.2) is 24.3 Å². The summed E-state index contributed by atoms with van der Waals surface area (Å²) in [4.78, 5) is 4.26. The number of aliphatic hydroxyl groups is 1. The quantitative estimate of drug-likeness (QED) is 0.910. The molecule has 0 saturated heterocycles. The summed E-state index contributed by atoms with van der Waals surface area (Å²) < 4.78 is 11.3. The molecule has 0 amide bonds. The summed E-state index contributed by atoms with van der Waals surface area (Å²) in [6.07, 6.45) is 1.53. The summed E-state index contributed by atoms with van der Waals surface area (Å²) in [5, 5.41) is 10.3. The smallest absolute Gasteiger partial charge is 0.161 e. The third kappa shape index (κ3) is 3.49. The second-order valence-electron chi connectivity index (χ2n) is 4.30. The fraction of sp³-hybridized carbons (Fsp3) is 0.267. The van der Waals surface area contributed by atoms with Crippen molar-refractivity contribution >= 4 is 15.9 Å². The van der Waals surface area contributed by atoms with Gasteiger partial charge in [0, 0.05) is 22.8 Å². The number of aromatic nitrogens is 1. The van der Waals surface area contributed by atoms with E-state index in [2.05, 4.69) is 20.9 Å². The van der Waals surface area contributed by atoms with Gasteiger partial charge in [-0.1, -0.05) is 6.07 Å². The predicted octanol–water partition coefficient (Wildman–Crippen LogP) is 3.14. The van der Waals surface area contributed by atoms with Gasteiger partial charge in [0.25, 0.3) is 0 Å². The molecule has 1 unspecified atom stereocenters. The molecule has 106 valence electrons. The Morgan fingerprint density at radius 2 is 1.90 bits per heavy atom. The van der Waals surface area contributed by atoms with Gasteiger partial charge >= 0.3 is 0 Å². The van der Waals surface area contributed by atoms with E-state index >= 15 is 0 Å². The van der Waals surface area contributed by atoms with E-state index in [-0.39, 0.29) is 0 Å². The maximum Gasteiger partial charge on any atom is 0.161 e. The van der Waals surface area contributed by atoms with Crippen molar-refractivity contribution < 1.29 is 14.6 Å². The number of hydrogen-bond acceptors (Lipinski definition) is 4. The normalized spacial score (nSPS) is 12.0. The summed E-state index contributed by atoms with van der Waals surface area (Å²) in [5.41, 5.74) is 1.60. The van der Waals surface area contributed by atoms with Crippen LogP contribution in [0.25, 0.3) is 0 Å². The van der Waals surface area contributed by atoms with Crippen molar-refractivity contribution in [1.82, 2.24) is 4.98 Å². The number of hydrogen-bond donors (Lipinski definition) is 1. The summed E-state index contributed by atoms with van der Waals surface area (Å²) in [7, 11) is 3.16. The molecule has 2 rings (SSSR count). The summed E-state index contributed by atoms with van der Waals surface area (Å²) in [6.45, 7) is 0. The van der Waals surface area contributed by atoms with E-state index in [1.165, 1.54) is 0 Å². The minimum atomic E-state index is -0.636. The zero-order valence-electron chi connectivity index (χ0n) is 11.3. The van der Waals surface area contributed by atoms with Gasteiger partial charge < -0.3 is 14.6 Å². The molecule has 0 bridgehead atoms. The highest BCUT2D eigenvalue weighted by molar-refractivity contribution is 9.10. The third-order valence-electron chi connectivity index (χ3n) is 2.98. The fourth-order valence-electron chi connectivity index (χ4n) is 1.90. The Bertz CT molecular complexity index is 572. The summed E-state index contributed by atoms with van der Waals surface area (Å²) in [6, 6.07) is 9.18. The SMILES string of the molecule is COc1ccc(C(O)Cc2ccc(Br)cn2)cc1OC. The maximum absolute atomic E-state index is 10.3. The Kier molecular flexibility index (Phi) is 4.98. The van der Waals surface area contributed by atoms with Crippen LogP contribution in [0.3, 0.4) is 0 Å². The summed E-state index contributed by atoms with van der Waals surface area (Å²) >= 11 is 3.34. The lowest BCUT2D eigenvalue weighted by Crippen LogP contribution is -2.04. The van der Waals surface area contributed by atoms with Crippen LogP contribution in [0.15, 0.2) is 41.0 Å². The average Bonchev–Trinajstić information content (AvgIpc) is 2.48. The van der Waals surface area contributed by atoms with E-state index in [0.717, 1.165) is 15.7 Å². The van der Waals surface area contributed by atoms with Crippen LogP contribution in [0.2, 0.25) is 0 Å². The van der Waals surface area contributed by atoms with Crippen LogP contribution >= 0.6 is 15.9 Å². The molecule has 0 radical (unpaired) electrons. The first-order valence-corrected chi connectivity index (χ1v) is 6.93. The van der Waals surface area contributed by atoms with Crippen LogP contribution in [0.5, 0.6) is 11.5 Å². The highest BCUT2D eigenvalue weighted by atomic mass is 79.9. The predicted molar refractivity (Wildman–Crippen MR) is 80.1 cm³/mol. The van der Waals surface area contributed by atoms with Crippen molar-refractivity contribution in [3.8, 4) is 11.5 Å². The molecule has 0 aliphatic rings. The molecule has 0 saturated carbocycles. The largest absolute Gasteiger partial charge is 0.493 e. The molecular weight excluding hydrogens is 322 g/mol. The van der Waals surface area contributed by atoms with E-state index in [1.807, 2.05) is 18.2 Å². The number of pyridine rings is 1. The molecule has 1 heterocycles. The number of halogens is 1. The highest BCUT2D eigenvalue weighted by Gasteiger charge is 2.13. The monoisotopic (exact) mass is 337 g/mol. The molecule has 4 nitrogen and oxygen atoms in total. The van der Waals surface area contributed by atoms with Gasteiger partial charge in [0.1, 0.15) is 0 Å². The van der Waals surface area contributed by atoms with E-state index in [1.54, 1.807) is 32.5 Å². The van der Waals surface area contributed by atoms with Crippen molar-refractivity contribution in [2.45, 2.75) is 12.5 Å². The minimum absolute atomic E-state index is 0.447. The number of aliphatic hydroxyl groups excluding tert-OH is 1. The first-order chi connectivity index (χ1) is 9.63. The lowest BCUT2D eigenvalue weighted by atomic mass is 10.0. The van der Waals surface area contributed by atoms with Crippen LogP contribution < -0.4 is 9.47 Å². The molecule has 2 aromatic rings. The van der Waals surface area contributed by atoms with E-state index < -0.39 is 6.10 Å². The van der Waals surface area contributed by atoms with Crippen LogP contribution in [0.4, 0.5) is 0 Å². The van der Waals surface area contributed by atoms with Crippen molar-refractivity contribution in [1.29, 1.82) is 0 Å². The van der Waals surface area contributed by atoms with Crippen molar-refractivity contribution in [2.75, 3.05) is 14.2 Å². The van der Waals surface area contributed by atoms with Gasteiger partial charge in [-0.3, -0.25) is 4.98 Å². The first kappa shape index (κ1) is 14.8. The first-order valence-electron chi connectivity index (χ1n) is 6.14. The van der Waals surface area contributed by atoms with Crippen molar-refractivity contribution in [3.05, 3.63) is 52.3 Å². The summed E-state index contributed by atoms with van der Waals surface area (Å²) in [5.74, 6) is 1.25. The zero-order valence-corrected chi connectivity index (χ0v) is 12.9. The Balaban J connectivity index is 2.16. The molecule has 0 spiro atoms. The van der Waals surface area contributed by atoms with Crippen molar-refractivity contribution in [3.63, 3.8) is 0 Å². The van der Waals surface area contributed by atoms with Crippen LogP contribution in [0.1, 0.15) is 17.4 Å². The van der Waals surface area contributed by atoms with Gasteiger partial charge in [-0.05, 0) is 45.8 Å². The van der Waals surface area contributed by atoms with E-state index in [9.17, 15) is 5.11 Å². The second kappa shape index (κ2) is 6.72. The molecule has 0 fully saturated rings. The molecule has 5 heteroatoms. The van der Waals surface area contributed by atoms with E-state index in [0.29, 0.717) is 17.9 Å². The zero-order chi connectivity index (χ0) is 14.5. The average molecular weight is 338 g/mol. The topological polar surface area (TPSA) is 51.6 Å². The molecule has 0 aliphatic heterocycles. The lowest BCUT2D eigenvalue weighted by Gasteiger charge is -2.14. The van der Waals surface area contributed by atoms with Gasteiger partial charge in [-0.25, -0.2) is 0 Å². The number of rotatable bonds is 5. The number of nitrogens with zero attached hydrogens (tertiary/aromatic N) is 1. The van der Waals surface area contributed by atoms with Crippen molar-refractivity contribution in [2.24, 2.45) is 0 Å². The molecule has 1 aromatic carbocycles. The maximum atomic E-state index is 10.3. The fourth-order valence-corrected chi connectivity index (χ4v) is 2.14. The van der Waals surface area contributed by atoms with Crippen LogP contribution in [-0.2, 0) is 6.42 Å². The lowest BCUT2D eigenvalue weighted by molar-refractivity contribution is 0.176. The number of ether oxygens (including phenoxy) is 2. The minimum Gasteiger partial charge on any atom is -0.493 e. The Morgan fingerprint density at radius 3 is 2.50 bits per heavy atom. The van der Waals surface area contributed by atoms with E-state index in [4.69, 9.17) is 9.47 Å². The Morgan fingerprint density at radius 1 is 1.15 bits per heavy atom. The molecule has 20 heavy (non-hydrogen) atoms. The standard InChI is InChI=1S/C15H16BrNO3/c1-19-14-6-3-10(7-15(14)20-2)13(18)8-12-5-4-11(16)9-17-12/h3-7,9,13,18H,8H2,1-2H3. The molecule has 0 aliphatic carbocycles. The second-order valence-corrected chi connectivity index (χ2v) is 5.22. The number of benzene rings is 1. The Hall–Kier alpha value is -1.59. The highest BCUT2D eigenvalue weighted by Crippen LogP contribution is 2.30. The molecular formula is C15H16BrNO3. The molecule has 1 atom stereocenters. The van der Waals surface area contributed by atoms with Gasteiger partial charge in [0.15, 0.2) is 11.5 Å². The van der Waals surface area contributed by atoms with Gasteiger partial charge in [0.2, 0.25) is 0 Å².